The number of amides is 1. The number of hydrogen-bond acceptors (Lipinski definition) is 3. The van der Waals surface area contributed by atoms with Gasteiger partial charge in [-0.3, -0.25) is 10.2 Å². The van der Waals surface area contributed by atoms with Crippen molar-refractivity contribution in [1.29, 1.82) is 0 Å². The van der Waals surface area contributed by atoms with Crippen molar-refractivity contribution >= 4 is 57.6 Å². The number of aromatic nitrogens is 1. The van der Waals surface area contributed by atoms with Crippen molar-refractivity contribution in [3.05, 3.63) is 65.3 Å². The second-order valence-electron chi connectivity index (χ2n) is 6.01. The number of nitrogens with one attached hydrogen (secondary N) is 3. The van der Waals surface area contributed by atoms with Crippen LogP contribution in [0.5, 0.6) is 0 Å². The largest absolute Gasteiger partial charge is 0.362 e. The lowest BCUT2D eigenvalue weighted by Crippen LogP contribution is -2.31. The van der Waals surface area contributed by atoms with E-state index in [4.69, 9.17) is 23.8 Å². The van der Waals surface area contributed by atoms with Gasteiger partial charge in [0.2, 0.25) is 5.91 Å². The Morgan fingerprint density at radius 3 is 2.71 bits per heavy atom. The molecule has 0 bridgehead atoms. The van der Waals surface area contributed by atoms with Gasteiger partial charge in [-0.1, -0.05) is 29.8 Å². The van der Waals surface area contributed by atoms with E-state index in [0.29, 0.717) is 15.8 Å². The molecule has 0 aliphatic rings. The van der Waals surface area contributed by atoms with E-state index in [1.54, 1.807) is 30.5 Å². The van der Waals surface area contributed by atoms with Gasteiger partial charge in [0.05, 0.1) is 6.21 Å². The zero-order valence-electron chi connectivity index (χ0n) is 15.3. The normalized spacial score (nSPS) is 10.9. The van der Waals surface area contributed by atoms with Crippen LogP contribution in [0.3, 0.4) is 0 Å². The number of fused-ring (bicyclic) bond motifs is 1. The molecule has 0 saturated heterocycles. The number of halogens is 1. The summed E-state index contributed by atoms with van der Waals surface area (Å²) in [4.78, 5) is 12.5. The molecule has 0 fully saturated rings. The Balaban J connectivity index is 1.76. The number of para-hydroxylation sites is 1. The standard InChI is InChI=1S/C20H20ClN5OS/c1-2-22-20(28)25-23-11-14-12-26(18-6-4-3-5-17(14)18)13-19(27)24-16-9-7-15(21)8-10-16/h3-12H,2,13H2,1H3,(H,24,27)(H2,22,25,28). The van der Waals surface area contributed by atoms with Crippen molar-refractivity contribution in [3.63, 3.8) is 0 Å². The molecule has 28 heavy (non-hydrogen) atoms. The number of rotatable bonds is 6. The van der Waals surface area contributed by atoms with E-state index in [0.717, 1.165) is 23.0 Å². The minimum atomic E-state index is -0.127. The van der Waals surface area contributed by atoms with Crippen LogP contribution in [0.4, 0.5) is 5.69 Å². The van der Waals surface area contributed by atoms with E-state index in [2.05, 4.69) is 21.2 Å². The van der Waals surface area contributed by atoms with Crippen molar-refractivity contribution in [2.24, 2.45) is 5.10 Å². The first-order valence-corrected chi connectivity index (χ1v) is 9.55. The van der Waals surface area contributed by atoms with Crippen molar-refractivity contribution in [1.82, 2.24) is 15.3 Å². The van der Waals surface area contributed by atoms with Crippen LogP contribution in [0.1, 0.15) is 12.5 Å². The predicted molar refractivity (Wildman–Crippen MR) is 119 cm³/mol. The van der Waals surface area contributed by atoms with Crippen molar-refractivity contribution in [2.45, 2.75) is 13.5 Å². The average molecular weight is 414 g/mol. The molecule has 1 aromatic heterocycles. The maximum Gasteiger partial charge on any atom is 0.244 e. The summed E-state index contributed by atoms with van der Waals surface area (Å²) in [6.07, 6.45) is 3.59. The number of carbonyl (C=O) groups excluding carboxylic acids is 1. The monoisotopic (exact) mass is 413 g/mol. The molecular formula is C20H20ClN5OS. The highest BCUT2D eigenvalue weighted by molar-refractivity contribution is 7.80. The number of hydrazone groups is 1. The summed E-state index contributed by atoms with van der Waals surface area (Å²) in [6, 6.07) is 14.9. The third-order valence-electron chi connectivity index (χ3n) is 3.97. The lowest BCUT2D eigenvalue weighted by atomic mass is 10.2. The summed E-state index contributed by atoms with van der Waals surface area (Å²) >= 11 is 11.0. The molecule has 1 amide bonds. The molecule has 0 aliphatic carbocycles. The SMILES string of the molecule is CCNC(=S)NN=Cc1cn(CC(=O)Nc2ccc(Cl)cc2)c2ccccc12. The van der Waals surface area contributed by atoms with Gasteiger partial charge in [-0.05, 0) is 49.5 Å². The van der Waals surface area contributed by atoms with Gasteiger partial charge in [-0.25, -0.2) is 0 Å². The van der Waals surface area contributed by atoms with Gasteiger partial charge in [0, 0.05) is 39.9 Å². The molecular weight excluding hydrogens is 394 g/mol. The van der Waals surface area contributed by atoms with Crippen LogP contribution in [-0.4, -0.2) is 28.3 Å². The smallest absolute Gasteiger partial charge is 0.244 e. The summed E-state index contributed by atoms with van der Waals surface area (Å²) in [6.45, 7) is 2.87. The van der Waals surface area contributed by atoms with E-state index >= 15 is 0 Å². The first kappa shape index (κ1) is 19.9. The molecule has 6 nitrogen and oxygen atoms in total. The number of carbonyl (C=O) groups is 1. The van der Waals surface area contributed by atoms with Crippen LogP contribution in [0.25, 0.3) is 10.9 Å². The number of anilines is 1. The lowest BCUT2D eigenvalue weighted by molar-refractivity contribution is -0.116. The number of nitrogens with zero attached hydrogens (tertiary/aromatic N) is 2. The van der Waals surface area contributed by atoms with Gasteiger partial charge in [0.25, 0.3) is 0 Å². The highest BCUT2D eigenvalue weighted by atomic mass is 35.5. The highest BCUT2D eigenvalue weighted by Gasteiger charge is 2.10. The number of hydrogen-bond donors (Lipinski definition) is 3. The molecule has 3 aromatic rings. The van der Waals surface area contributed by atoms with E-state index in [-0.39, 0.29) is 12.5 Å². The van der Waals surface area contributed by atoms with E-state index in [1.807, 2.05) is 42.0 Å². The molecule has 0 saturated carbocycles. The Labute approximate surface area is 173 Å². The molecule has 0 spiro atoms. The zero-order chi connectivity index (χ0) is 19.9. The van der Waals surface area contributed by atoms with Crippen LogP contribution in [0.2, 0.25) is 5.02 Å². The second-order valence-corrected chi connectivity index (χ2v) is 6.86. The minimum Gasteiger partial charge on any atom is -0.362 e. The van der Waals surface area contributed by atoms with E-state index in [9.17, 15) is 4.79 Å². The van der Waals surface area contributed by atoms with Crippen LogP contribution in [0, 0.1) is 0 Å². The fourth-order valence-corrected chi connectivity index (χ4v) is 3.08. The average Bonchev–Trinajstić information content (AvgIpc) is 3.02. The van der Waals surface area contributed by atoms with Crippen molar-refractivity contribution < 1.29 is 4.79 Å². The molecule has 0 radical (unpaired) electrons. The predicted octanol–water partition coefficient (Wildman–Crippen LogP) is 3.75. The van der Waals surface area contributed by atoms with Gasteiger partial charge in [0.1, 0.15) is 6.54 Å². The summed E-state index contributed by atoms with van der Waals surface area (Å²) in [7, 11) is 0. The van der Waals surface area contributed by atoms with Gasteiger partial charge >= 0.3 is 0 Å². The van der Waals surface area contributed by atoms with Gasteiger partial charge in [0.15, 0.2) is 5.11 Å². The third kappa shape index (κ3) is 5.09. The van der Waals surface area contributed by atoms with Crippen LogP contribution >= 0.6 is 23.8 Å². The fraction of sp³-hybridized carbons (Fsp3) is 0.150. The molecule has 8 heteroatoms. The van der Waals surface area contributed by atoms with Crippen LogP contribution < -0.4 is 16.1 Å². The lowest BCUT2D eigenvalue weighted by Gasteiger charge is -2.07. The van der Waals surface area contributed by atoms with Gasteiger partial charge in [-0.15, -0.1) is 0 Å². The summed E-state index contributed by atoms with van der Waals surface area (Å²) < 4.78 is 1.89. The summed E-state index contributed by atoms with van der Waals surface area (Å²) in [5.41, 5.74) is 5.32. The fourth-order valence-electron chi connectivity index (χ4n) is 2.76. The van der Waals surface area contributed by atoms with Crippen molar-refractivity contribution in [3.8, 4) is 0 Å². The molecule has 0 aliphatic heterocycles. The quantitative estimate of drug-likeness (QED) is 0.327. The van der Waals surface area contributed by atoms with E-state index < -0.39 is 0 Å². The molecule has 0 atom stereocenters. The first-order valence-electron chi connectivity index (χ1n) is 8.77. The zero-order valence-corrected chi connectivity index (χ0v) is 16.8. The summed E-state index contributed by atoms with van der Waals surface area (Å²) in [5.74, 6) is -0.127. The molecule has 1 heterocycles. The Morgan fingerprint density at radius 2 is 1.96 bits per heavy atom. The van der Waals surface area contributed by atoms with Crippen LogP contribution in [0.15, 0.2) is 59.8 Å². The summed E-state index contributed by atoms with van der Waals surface area (Å²) in [5, 5.41) is 12.1. The van der Waals surface area contributed by atoms with Crippen molar-refractivity contribution in [2.75, 3.05) is 11.9 Å². The third-order valence-corrected chi connectivity index (χ3v) is 4.46. The molecule has 2 aromatic carbocycles. The number of thiocarbonyl (C=S) groups is 1. The minimum absolute atomic E-state index is 0.127. The first-order chi connectivity index (χ1) is 13.6. The molecule has 3 N–H and O–H groups in total. The second kappa shape index (κ2) is 9.34. The Kier molecular flexibility index (Phi) is 6.62. The molecule has 144 valence electrons. The van der Waals surface area contributed by atoms with Gasteiger partial charge in [-0.2, -0.15) is 5.10 Å². The van der Waals surface area contributed by atoms with E-state index in [1.165, 1.54) is 0 Å². The number of benzene rings is 2. The van der Waals surface area contributed by atoms with Crippen LogP contribution in [-0.2, 0) is 11.3 Å². The van der Waals surface area contributed by atoms with Gasteiger partial charge < -0.3 is 15.2 Å². The topological polar surface area (TPSA) is 70.5 Å². The maximum absolute atomic E-state index is 12.5. The molecule has 3 rings (SSSR count). The highest BCUT2D eigenvalue weighted by Crippen LogP contribution is 2.20. The Hall–Kier alpha value is -2.90. The Bertz CT molecular complexity index is 1010. The molecule has 0 unspecified atom stereocenters. The Morgan fingerprint density at radius 1 is 1.21 bits per heavy atom. The maximum atomic E-state index is 12.5.